The van der Waals surface area contributed by atoms with Crippen LogP contribution >= 0.6 is 11.8 Å². The molecule has 0 bridgehead atoms. The topological polar surface area (TPSA) is 52.5 Å². The largest absolute Gasteiger partial charge is 0.394 e. The van der Waals surface area contributed by atoms with Crippen LogP contribution in [0.15, 0.2) is 23.1 Å². The van der Waals surface area contributed by atoms with Crippen molar-refractivity contribution in [3.63, 3.8) is 0 Å². The second-order valence-electron chi connectivity index (χ2n) is 4.08. The van der Waals surface area contributed by atoms with Crippen LogP contribution in [0.25, 0.3) is 0 Å². The Morgan fingerprint density at radius 2 is 2.22 bits per heavy atom. The van der Waals surface area contributed by atoms with Gasteiger partial charge in [-0.3, -0.25) is 0 Å². The molecule has 0 fully saturated rings. The fourth-order valence-corrected chi connectivity index (χ4v) is 2.42. The Morgan fingerprint density at radius 1 is 1.44 bits per heavy atom. The number of nitrogens with one attached hydrogen (secondary N) is 1. The number of benzene rings is 1. The third-order valence-electron chi connectivity index (χ3n) is 2.41. The van der Waals surface area contributed by atoms with Crippen molar-refractivity contribution in [2.45, 2.75) is 30.9 Å². The van der Waals surface area contributed by atoms with Crippen LogP contribution in [-0.2, 0) is 6.54 Å². The van der Waals surface area contributed by atoms with Crippen LogP contribution in [0.5, 0.6) is 0 Å². The lowest BCUT2D eigenvalue weighted by Crippen LogP contribution is -2.16. The SMILES string of the molecule is CCCNCc1cc(F)ccc1SCC(O)CO. The Balaban J connectivity index is 2.63. The molecule has 3 nitrogen and oxygen atoms in total. The second kappa shape index (κ2) is 8.48. The molecule has 5 heteroatoms. The molecule has 1 rings (SSSR count). The highest BCUT2D eigenvalue weighted by atomic mass is 32.2. The molecule has 0 spiro atoms. The van der Waals surface area contributed by atoms with Gasteiger partial charge in [0.2, 0.25) is 0 Å². The third-order valence-corrected chi connectivity index (χ3v) is 3.67. The van der Waals surface area contributed by atoms with Crippen LogP contribution < -0.4 is 5.32 Å². The summed E-state index contributed by atoms with van der Waals surface area (Å²) < 4.78 is 13.2. The normalized spacial score (nSPS) is 12.7. The van der Waals surface area contributed by atoms with Crippen LogP contribution in [0.4, 0.5) is 4.39 Å². The number of aliphatic hydroxyl groups is 2. The van der Waals surface area contributed by atoms with Crippen molar-refractivity contribution in [2.75, 3.05) is 18.9 Å². The van der Waals surface area contributed by atoms with E-state index in [-0.39, 0.29) is 12.4 Å². The summed E-state index contributed by atoms with van der Waals surface area (Å²) in [7, 11) is 0. The smallest absolute Gasteiger partial charge is 0.123 e. The number of thioether (sulfide) groups is 1. The summed E-state index contributed by atoms with van der Waals surface area (Å²) in [5, 5.41) is 21.3. The van der Waals surface area contributed by atoms with Crippen molar-refractivity contribution < 1.29 is 14.6 Å². The Hall–Kier alpha value is -0.620. The van der Waals surface area contributed by atoms with Crippen LogP contribution in [0.1, 0.15) is 18.9 Å². The molecule has 0 saturated carbocycles. The minimum absolute atomic E-state index is 0.252. The molecule has 0 amide bonds. The fourth-order valence-electron chi connectivity index (χ4n) is 1.47. The highest BCUT2D eigenvalue weighted by Gasteiger charge is 2.08. The molecule has 18 heavy (non-hydrogen) atoms. The van der Waals surface area contributed by atoms with Crippen LogP contribution in [0.2, 0.25) is 0 Å². The van der Waals surface area contributed by atoms with Gasteiger partial charge in [-0.25, -0.2) is 4.39 Å². The lowest BCUT2D eigenvalue weighted by atomic mass is 10.2. The first-order valence-electron chi connectivity index (χ1n) is 6.08. The van der Waals surface area contributed by atoms with E-state index in [0.717, 1.165) is 23.4 Å². The van der Waals surface area contributed by atoms with Crippen molar-refractivity contribution in [3.05, 3.63) is 29.6 Å². The lowest BCUT2D eigenvalue weighted by Gasteiger charge is -2.12. The van der Waals surface area contributed by atoms with E-state index in [1.54, 1.807) is 6.07 Å². The maximum atomic E-state index is 13.2. The standard InChI is InChI=1S/C13H20FNO2S/c1-2-5-15-7-10-6-11(14)3-4-13(10)18-9-12(17)8-16/h3-4,6,12,15-17H,2,5,7-9H2,1H3. The minimum Gasteiger partial charge on any atom is -0.394 e. The summed E-state index contributed by atoms with van der Waals surface area (Å²) >= 11 is 1.43. The molecule has 0 aromatic heterocycles. The van der Waals surface area contributed by atoms with E-state index in [2.05, 4.69) is 12.2 Å². The summed E-state index contributed by atoms with van der Waals surface area (Å²) in [5.41, 5.74) is 0.888. The molecule has 3 N–H and O–H groups in total. The van der Waals surface area contributed by atoms with Gasteiger partial charge < -0.3 is 15.5 Å². The lowest BCUT2D eigenvalue weighted by molar-refractivity contribution is 0.113. The molecule has 1 aromatic rings. The van der Waals surface area contributed by atoms with Gasteiger partial charge in [0.05, 0.1) is 12.7 Å². The first-order chi connectivity index (χ1) is 8.67. The Kier molecular flexibility index (Phi) is 7.27. The molecule has 102 valence electrons. The van der Waals surface area contributed by atoms with Crippen molar-refractivity contribution in [2.24, 2.45) is 0 Å². The Labute approximate surface area is 111 Å². The molecule has 0 radical (unpaired) electrons. The van der Waals surface area contributed by atoms with Crippen molar-refractivity contribution in [1.29, 1.82) is 0 Å². The van der Waals surface area contributed by atoms with E-state index >= 15 is 0 Å². The maximum Gasteiger partial charge on any atom is 0.123 e. The fraction of sp³-hybridized carbons (Fsp3) is 0.538. The van der Waals surface area contributed by atoms with E-state index in [1.165, 1.54) is 23.9 Å². The van der Waals surface area contributed by atoms with E-state index in [4.69, 9.17) is 5.11 Å². The average Bonchev–Trinajstić information content (AvgIpc) is 2.37. The van der Waals surface area contributed by atoms with Gasteiger partial charge in [0.1, 0.15) is 5.82 Å². The van der Waals surface area contributed by atoms with Crippen LogP contribution in [0, 0.1) is 5.82 Å². The Morgan fingerprint density at radius 3 is 2.89 bits per heavy atom. The van der Waals surface area contributed by atoms with Gasteiger partial charge in [-0.05, 0) is 36.7 Å². The average molecular weight is 273 g/mol. The minimum atomic E-state index is -0.739. The van der Waals surface area contributed by atoms with Gasteiger partial charge in [0.15, 0.2) is 0 Å². The number of hydrogen-bond acceptors (Lipinski definition) is 4. The number of rotatable bonds is 8. The summed E-state index contributed by atoms with van der Waals surface area (Å²) in [6.45, 7) is 3.33. The third kappa shape index (κ3) is 5.35. The summed E-state index contributed by atoms with van der Waals surface area (Å²) in [6, 6.07) is 4.64. The molecule has 1 aromatic carbocycles. The van der Waals surface area contributed by atoms with Gasteiger partial charge in [-0.1, -0.05) is 6.92 Å². The van der Waals surface area contributed by atoms with Crippen molar-refractivity contribution >= 4 is 11.8 Å². The van der Waals surface area contributed by atoms with Gasteiger partial charge in [0, 0.05) is 17.2 Å². The highest BCUT2D eigenvalue weighted by molar-refractivity contribution is 7.99. The Bertz CT molecular complexity index is 363. The molecule has 1 unspecified atom stereocenters. The number of hydrogen-bond donors (Lipinski definition) is 3. The monoisotopic (exact) mass is 273 g/mol. The maximum absolute atomic E-state index is 13.2. The molecule has 0 saturated heterocycles. The zero-order valence-corrected chi connectivity index (χ0v) is 11.3. The van der Waals surface area contributed by atoms with E-state index < -0.39 is 6.10 Å². The van der Waals surface area contributed by atoms with Gasteiger partial charge in [-0.15, -0.1) is 11.8 Å². The van der Waals surface area contributed by atoms with Crippen molar-refractivity contribution in [1.82, 2.24) is 5.32 Å². The molecule has 1 atom stereocenters. The molecule has 0 heterocycles. The summed E-state index contributed by atoms with van der Waals surface area (Å²) in [5.74, 6) is 0.151. The first-order valence-corrected chi connectivity index (χ1v) is 7.06. The molecule has 0 aliphatic heterocycles. The molecule has 0 aliphatic carbocycles. The quantitative estimate of drug-likeness (QED) is 0.499. The number of aliphatic hydroxyl groups excluding tert-OH is 2. The molecule has 0 aliphatic rings. The number of halogens is 1. The predicted molar refractivity (Wildman–Crippen MR) is 72.2 cm³/mol. The summed E-state index contributed by atoms with van der Waals surface area (Å²) in [4.78, 5) is 0.938. The van der Waals surface area contributed by atoms with Crippen molar-refractivity contribution in [3.8, 4) is 0 Å². The zero-order chi connectivity index (χ0) is 13.4. The van der Waals surface area contributed by atoms with E-state index in [9.17, 15) is 9.50 Å². The van der Waals surface area contributed by atoms with Crippen LogP contribution in [0.3, 0.4) is 0 Å². The molecular formula is C13H20FNO2S. The van der Waals surface area contributed by atoms with Gasteiger partial charge in [0.25, 0.3) is 0 Å². The first kappa shape index (κ1) is 15.4. The zero-order valence-electron chi connectivity index (χ0n) is 10.5. The van der Waals surface area contributed by atoms with Crippen LogP contribution in [-0.4, -0.2) is 35.2 Å². The summed E-state index contributed by atoms with van der Waals surface area (Å²) in [6.07, 6.45) is 0.289. The van der Waals surface area contributed by atoms with Gasteiger partial charge >= 0.3 is 0 Å². The second-order valence-corrected chi connectivity index (χ2v) is 5.14. The molecular weight excluding hydrogens is 253 g/mol. The van der Waals surface area contributed by atoms with Gasteiger partial charge in [-0.2, -0.15) is 0 Å². The predicted octanol–water partition coefficient (Wildman–Crippen LogP) is 1.77. The van der Waals surface area contributed by atoms with E-state index in [1.807, 2.05) is 0 Å². The van der Waals surface area contributed by atoms with E-state index in [0.29, 0.717) is 12.3 Å². The highest BCUT2D eigenvalue weighted by Crippen LogP contribution is 2.24.